The average molecular weight is 486 g/mol. The Balaban J connectivity index is 1.75. The molecule has 1 saturated heterocycles. The van der Waals surface area contributed by atoms with Crippen molar-refractivity contribution in [2.24, 2.45) is 0 Å². The van der Waals surface area contributed by atoms with Crippen LogP contribution < -0.4 is 4.74 Å². The van der Waals surface area contributed by atoms with E-state index in [2.05, 4.69) is 0 Å². The molecule has 7 heteroatoms. The highest BCUT2D eigenvalue weighted by atomic mass is 16.5. The Bertz CT molecular complexity index is 1330. The molecule has 0 aromatic heterocycles. The number of carbonyl (C=O) groups is 3. The number of aliphatic hydroxyl groups is 1. The molecule has 1 unspecified atom stereocenters. The normalized spacial score (nSPS) is 16.8. The maximum Gasteiger partial charge on any atom is 0.338 e. The van der Waals surface area contributed by atoms with Crippen LogP contribution in [-0.2, 0) is 20.9 Å². The minimum Gasteiger partial charge on any atom is -0.507 e. The predicted octanol–water partition coefficient (Wildman–Crippen LogP) is 4.80. The van der Waals surface area contributed by atoms with Gasteiger partial charge < -0.3 is 19.5 Å². The zero-order chi connectivity index (χ0) is 25.8. The van der Waals surface area contributed by atoms with Crippen LogP contribution in [0.25, 0.3) is 5.76 Å². The number of aliphatic hydroxyl groups excluding tert-OH is 1. The quantitative estimate of drug-likeness (QED) is 0.224. The number of methoxy groups -OCH3 is 1. The van der Waals surface area contributed by atoms with E-state index in [1.54, 1.807) is 56.5 Å². The molecule has 1 N–H and O–H groups in total. The molecule has 0 saturated carbocycles. The fraction of sp³-hybridized carbons (Fsp3) is 0.207. The number of hydrogen-bond acceptors (Lipinski definition) is 6. The summed E-state index contributed by atoms with van der Waals surface area (Å²) in [5.74, 6) is -1.47. The molecule has 1 heterocycles. The molecule has 1 atom stereocenters. The molecule has 184 valence electrons. The molecule has 3 aromatic rings. The van der Waals surface area contributed by atoms with Gasteiger partial charge in [-0.3, -0.25) is 9.59 Å². The number of amides is 1. The summed E-state index contributed by atoms with van der Waals surface area (Å²) >= 11 is 0. The van der Waals surface area contributed by atoms with Crippen molar-refractivity contribution in [3.8, 4) is 5.75 Å². The van der Waals surface area contributed by atoms with E-state index >= 15 is 0 Å². The summed E-state index contributed by atoms with van der Waals surface area (Å²) in [7, 11) is 1.56. The minimum atomic E-state index is -0.779. The molecule has 1 aliphatic rings. The van der Waals surface area contributed by atoms with Crippen LogP contribution >= 0.6 is 0 Å². The molecule has 1 aliphatic heterocycles. The minimum absolute atomic E-state index is 0.0268. The smallest absolute Gasteiger partial charge is 0.338 e. The van der Waals surface area contributed by atoms with Crippen molar-refractivity contribution in [2.45, 2.75) is 26.4 Å². The standard InChI is InChI=1S/C29H27NO6/c1-4-36-29(34)21-12-10-19(11-13-21)17-30-25(20-8-6-5-7-9-20)24(27(32)28(30)33)26(31)22-14-15-23(35-3)18(2)16-22/h5-16,25,31H,4,17H2,1-3H3/b26-24-. The van der Waals surface area contributed by atoms with E-state index in [9.17, 15) is 19.5 Å². The van der Waals surface area contributed by atoms with Crippen molar-refractivity contribution in [2.75, 3.05) is 13.7 Å². The van der Waals surface area contributed by atoms with Gasteiger partial charge in [-0.15, -0.1) is 0 Å². The number of ketones is 1. The molecule has 4 rings (SSSR count). The van der Waals surface area contributed by atoms with Crippen molar-refractivity contribution < 1.29 is 29.0 Å². The summed E-state index contributed by atoms with van der Waals surface area (Å²) in [4.78, 5) is 39.9. The first-order valence-corrected chi connectivity index (χ1v) is 11.6. The summed E-state index contributed by atoms with van der Waals surface area (Å²) in [5, 5.41) is 11.2. The van der Waals surface area contributed by atoms with Crippen molar-refractivity contribution in [3.63, 3.8) is 0 Å². The van der Waals surface area contributed by atoms with E-state index in [1.807, 2.05) is 37.3 Å². The fourth-order valence-corrected chi connectivity index (χ4v) is 4.36. The van der Waals surface area contributed by atoms with Gasteiger partial charge in [-0.25, -0.2) is 4.79 Å². The monoisotopic (exact) mass is 485 g/mol. The van der Waals surface area contributed by atoms with Crippen molar-refractivity contribution >= 4 is 23.4 Å². The van der Waals surface area contributed by atoms with Gasteiger partial charge in [-0.1, -0.05) is 42.5 Å². The summed E-state index contributed by atoms with van der Waals surface area (Å²) in [5.41, 5.74) is 3.06. The van der Waals surface area contributed by atoms with Crippen LogP contribution in [0.2, 0.25) is 0 Å². The number of aryl methyl sites for hydroxylation is 1. The molecule has 1 amide bonds. The largest absolute Gasteiger partial charge is 0.507 e. The number of carbonyl (C=O) groups excluding carboxylic acids is 3. The molecule has 0 spiro atoms. The van der Waals surface area contributed by atoms with Gasteiger partial charge in [0.05, 0.1) is 30.9 Å². The third-order valence-electron chi connectivity index (χ3n) is 6.14. The topological polar surface area (TPSA) is 93.1 Å². The van der Waals surface area contributed by atoms with Crippen LogP contribution in [0.15, 0.2) is 78.4 Å². The van der Waals surface area contributed by atoms with Crippen LogP contribution in [0.1, 0.15) is 45.6 Å². The Labute approximate surface area is 209 Å². The first kappa shape index (κ1) is 24.7. The summed E-state index contributed by atoms with van der Waals surface area (Å²) < 4.78 is 10.3. The van der Waals surface area contributed by atoms with Crippen LogP contribution in [0.3, 0.4) is 0 Å². The molecule has 3 aromatic carbocycles. The number of likely N-dealkylation sites (tertiary alicyclic amines) is 1. The highest BCUT2D eigenvalue weighted by Crippen LogP contribution is 2.40. The van der Waals surface area contributed by atoms with E-state index in [0.29, 0.717) is 22.4 Å². The average Bonchev–Trinajstić information content (AvgIpc) is 3.14. The molecule has 0 radical (unpaired) electrons. The number of rotatable bonds is 7. The van der Waals surface area contributed by atoms with Gasteiger partial charge in [0.25, 0.3) is 11.7 Å². The molecular weight excluding hydrogens is 458 g/mol. The SMILES string of the molecule is CCOC(=O)c1ccc(CN2C(=O)C(=O)/C(=C(\O)c3ccc(OC)c(C)c3)C2c2ccccc2)cc1. The second-order valence-electron chi connectivity index (χ2n) is 8.44. The van der Waals surface area contributed by atoms with Gasteiger partial charge in [0.1, 0.15) is 11.5 Å². The number of ether oxygens (including phenoxy) is 2. The van der Waals surface area contributed by atoms with Crippen LogP contribution in [0, 0.1) is 6.92 Å². The van der Waals surface area contributed by atoms with Gasteiger partial charge in [-0.2, -0.15) is 0 Å². The van der Waals surface area contributed by atoms with Gasteiger partial charge in [0, 0.05) is 12.1 Å². The number of nitrogens with zero attached hydrogens (tertiary/aromatic N) is 1. The Morgan fingerprint density at radius 1 is 0.972 bits per heavy atom. The lowest BCUT2D eigenvalue weighted by molar-refractivity contribution is -0.140. The van der Waals surface area contributed by atoms with Gasteiger partial charge in [0.2, 0.25) is 0 Å². The molecular formula is C29H27NO6. The zero-order valence-corrected chi connectivity index (χ0v) is 20.4. The Morgan fingerprint density at radius 3 is 2.25 bits per heavy atom. The molecule has 0 aliphatic carbocycles. The summed E-state index contributed by atoms with van der Waals surface area (Å²) in [6.07, 6.45) is 0. The Kier molecular flexibility index (Phi) is 7.20. The fourth-order valence-electron chi connectivity index (χ4n) is 4.36. The second-order valence-corrected chi connectivity index (χ2v) is 8.44. The third-order valence-corrected chi connectivity index (χ3v) is 6.14. The first-order valence-electron chi connectivity index (χ1n) is 11.6. The number of benzene rings is 3. The maximum atomic E-state index is 13.2. The van der Waals surface area contributed by atoms with E-state index in [0.717, 1.165) is 11.1 Å². The Hall–Kier alpha value is -4.39. The van der Waals surface area contributed by atoms with Crippen LogP contribution in [0.5, 0.6) is 5.75 Å². The highest BCUT2D eigenvalue weighted by Gasteiger charge is 2.46. The lowest BCUT2D eigenvalue weighted by atomic mass is 9.94. The second kappa shape index (κ2) is 10.5. The summed E-state index contributed by atoms with van der Waals surface area (Å²) in [6, 6.07) is 20.1. The number of Topliss-reactive ketones (excluding diaryl/α,β-unsaturated/α-hetero) is 1. The summed E-state index contributed by atoms with van der Waals surface area (Å²) in [6.45, 7) is 3.96. The van der Waals surface area contributed by atoms with Crippen LogP contribution in [0.4, 0.5) is 0 Å². The molecule has 0 bridgehead atoms. The predicted molar refractivity (Wildman–Crippen MR) is 134 cm³/mol. The van der Waals surface area contributed by atoms with Crippen molar-refractivity contribution in [3.05, 3.63) is 106 Å². The number of esters is 1. The Morgan fingerprint density at radius 2 is 1.64 bits per heavy atom. The lowest BCUT2D eigenvalue weighted by Gasteiger charge is -2.25. The maximum absolute atomic E-state index is 13.2. The van der Waals surface area contributed by atoms with E-state index < -0.39 is 23.7 Å². The van der Waals surface area contributed by atoms with Crippen molar-refractivity contribution in [1.29, 1.82) is 0 Å². The van der Waals surface area contributed by atoms with Gasteiger partial charge >= 0.3 is 5.97 Å². The molecule has 7 nitrogen and oxygen atoms in total. The highest BCUT2D eigenvalue weighted by molar-refractivity contribution is 6.46. The van der Waals surface area contributed by atoms with Gasteiger partial charge in [-0.05, 0) is 60.9 Å². The molecule has 1 fully saturated rings. The number of hydrogen-bond donors (Lipinski definition) is 1. The van der Waals surface area contributed by atoms with E-state index in [1.165, 1.54) is 4.90 Å². The van der Waals surface area contributed by atoms with Crippen LogP contribution in [-0.4, -0.2) is 41.4 Å². The lowest BCUT2D eigenvalue weighted by Crippen LogP contribution is -2.29. The zero-order valence-electron chi connectivity index (χ0n) is 20.4. The van der Waals surface area contributed by atoms with E-state index in [-0.39, 0.29) is 24.5 Å². The molecule has 36 heavy (non-hydrogen) atoms. The first-order chi connectivity index (χ1) is 17.3. The third kappa shape index (κ3) is 4.73. The van der Waals surface area contributed by atoms with Gasteiger partial charge in [0.15, 0.2) is 0 Å². The van der Waals surface area contributed by atoms with Crippen molar-refractivity contribution in [1.82, 2.24) is 4.90 Å². The van der Waals surface area contributed by atoms with E-state index in [4.69, 9.17) is 9.47 Å².